The van der Waals surface area contributed by atoms with Gasteiger partial charge in [-0.25, -0.2) is 4.79 Å². The second-order valence-corrected chi connectivity index (χ2v) is 8.86. The van der Waals surface area contributed by atoms with Crippen molar-refractivity contribution in [3.05, 3.63) is 142 Å². The molecule has 188 valence electrons. The van der Waals surface area contributed by atoms with Crippen LogP contribution in [0.4, 0.5) is 0 Å². The van der Waals surface area contributed by atoms with E-state index in [0.29, 0.717) is 27.8 Å². The van der Waals surface area contributed by atoms with Crippen LogP contribution in [0, 0.1) is 0 Å². The summed E-state index contributed by atoms with van der Waals surface area (Å²) < 4.78 is 5.37. The molecule has 0 heterocycles. The van der Waals surface area contributed by atoms with E-state index in [1.54, 1.807) is 91.0 Å². The molecule has 4 aromatic rings. The summed E-state index contributed by atoms with van der Waals surface area (Å²) in [4.78, 5) is 51.4. The molecule has 0 saturated heterocycles. The number of benzene rings is 4. The van der Waals surface area contributed by atoms with Gasteiger partial charge < -0.3 is 15.2 Å². The van der Waals surface area contributed by atoms with Crippen LogP contribution in [0.15, 0.2) is 103 Å². The first-order chi connectivity index (χ1) is 18.4. The number of aliphatic hydroxyl groups is 1. The Hall–Kier alpha value is -4.88. The van der Waals surface area contributed by atoms with Gasteiger partial charge in [-0.05, 0) is 35.4 Å². The molecule has 0 fully saturated rings. The molecule has 0 saturated carbocycles. The van der Waals surface area contributed by atoms with Gasteiger partial charge in [-0.2, -0.15) is 0 Å². The Morgan fingerprint density at radius 3 is 1.92 bits per heavy atom. The zero-order valence-electron chi connectivity index (χ0n) is 20.2. The molecule has 7 heteroatoms. The van der Waals surface area contributed by atoms with E-state index in [0.717, 1.165) is 0 Å². The maximum absolute atomic E-state index is 13.0. The van der Waals surface area contributed by atoms with E-state index in [2.05, 4.69) is 5.32 Å². The summed E-state index contributed by atoms with van der Waals surface area (Å²) in [6.45, 7) is -0.236. The van der Waals surface area contributed by atoms with Crippen LogP contribution in [0.25, 0.3) is 0 Å². The summed E-state index contributed by atoms with van der Waals surface area (Å²) in [6, 6.07) is 27.3. The van der Waals surface area contributed by atoms with Crippen molar-refractivity contribution in [2.75, 3.05) is 0 Å². The zero-order chi connectivity index (χ0) is 26.6. The van der Waals surface area contributed by atoms with Crippen molar-refractivity contribution in [1.82, 2.24) is 5.32 Å². The van der Waals surface area contributed by atoms with Gasteiger partial charge in [0.25, 0.3) is 5.91 Å². The monoisotopic (exact) mass is 505 g/mol. The number of amides is 1. The van der Waals surface area contributed by atoms with Gasteiger partial charge in [-0.3, -0.25) is 14.4 Å². The first kappa shape index (κ1) is 24.8. The minimum Gasteiger partial charge on any atom is -0.459 e. The van der Waals surface area contributed by atoms with Crippen LogP contribution in [0.3, 0.4) is 0 Å². The molecule has 0 unspecified atom stereocenters. The van der Waals surface area contributed by atoms with Crippen LogP contribution < -0.4 is 5.32 Å². The van der Waals surface area contributed by atoms with Gasteiger partial charge in [-0.1, -0.05) is 78.9 Å². The van der Waals surface area contributed by atoms with Crippen LogP contribution in [0.5, 0.6) is 0 Å². The number of nitrogens with one attached hydrogen (secondary N) is 1. The SMILES string of the molecule is O=C(N[C@@H](c1ccccc1)[C@@H](O)C(=O)OCc1ccc2c(c1)C(=O)c1ccccc1C2=O)c1ccccc1. The van der Waals surface area contributed by atoms with E-state index in [1.807, 2.05) is 0 Å². The number of hydrogen-bond acceptors (Lipinski definition) is 6. The minimum absolute atomic E-state index is 0.236. The topological polar surface area (TPSA) is 110 Å². The van der Waals surface area contributed by atoms with Gasteiger partial charge in [0, 0.05) is 27.8 Å². The number of ether oxygens (including phenoxy) is 1. The number of fused-ring (bicyclic) bond motifs is 2. The fourth-order valence-electron chi connectivity index (χ4n) is 4.43. The van der Waals surface area contributed by atoms with Gasteiger partial charge in [0.15, 0.2) is 17.7 Å². The van der Waals surface area contributed by atoms with Gasteiger partial charge in [-0.15, -0.1) is 0 Å². The Morgan fingerprint density at radius 2 is 1.26 bits per heavy atom. The van der Waals surface area contributed by atoms with E-state index in [-0.39, 0.29) is 29.3 Å². The highest BCUT2D eigenvalue weighted by molar-refractivity contribution is 6.28. The van der Waals surface area contributed by atoms with E-state index in [1.165, 1.54) is 12.1 Å². The molecule has 2 N–H and O–H groups in total. The third-order valence-electron chi connectivity index (χ3n) is 6.41. The summed E-state index contributed by atoms with van der Waals surface area (Å²) in [5.74, 6) is -1.92. The summed E-state index contributed by atoms with van der Waals surface area (Å²) in [5.41, 5.74) is 2.60. The highest BCUT2D eigenvalue weighted by atomic mass is 16.5. The Balaban J connectivity index is 1.32. The summed E-state index contributed by atoms with van der Waals surface area (Å²) in [7, 11) is 0. The lowest BCUT2D eigenvalue weighted by molar-refractivity contribution is -0.156. The third kappa shape index (κ3) is 4.87. The van der Waals surface area contributed by atoms with Gasteiger partial charge in [0.05, 0.1) is 6.04 Å². The van der Waals surface area contributed by atoms with Crippen molar-refractivity contribution < 1.29 is 29.0 Å². The van der Waals surface area contributed by atoms with Crippen LogP contribution in [0.1, 0.15) is 59.4 Å². The van der Waals surface area contributed by atoms with Gasteiger partial charge in [0.1, 0.15) is 6.61 Å². The molecular formula is C31H23NO6. The first-order valence-electron chi connectivity index (χ1n) is 12.0. The first-order valence-corrected chi connectivity index (χ1v) is 12.0. The maximum atomic E-state index is 13.0. The van der Waals surface area contributed by atoms with Gasteiger partial charge >= 0.3 is 5.97 Å². The normalized spacial score (nSPS) is 13.6. The lowest BCUT2D eigenvalue weighted by Gasteiger charge is -2.24. The molecule has 1 amide bonds. The maximum Gasteiger partial charge on any atom is 0.337 e. The van der Waals surface area contributed by atoms with E-state index in [4.69, 9.17) is 4.74 Å². The fourth-order valence-corrected chi connectivity index (χ4v) is 4.43. The average molecular weight is 506 g/mol. The number of esters is 1. The molecule has 5 rings (SSSR count). The van der Waals surface area contributed by atoms with Crippen molar-refractivity contribution in [2.45, 2.75) is 18.8 Å². The highest BCUT2D eigenvalue weighted by Gasteiger charge is 2.32. The van der Waals surface area contributed by atoms with E-state index in [9.17, 15) is 24.3 Å². The van der Waals surface area contributed by atoms with Crippen LogP contribution in [-0.2, 0) is 16.1 Å². The molecule has 2 atom stereocenters. The Morgan fingerprint density at radius 1 is 0.711 bits per heavy atom. The fraction of sp³-hybridized carbons (Fsp3) is 0.0968. The molecule has 1 aliphatic carbocycles. The number of ketones is 2. The number of hydrogen-bond donors (Lipinski definition) is 2. The Bertz CT molecular complexity index is 1530. The summed E-state index contributed by atoms with van der Waals surface area (Å²) in [6.07, 6.45) is -1.70. The minimum atomic E-state index is -1.70. The van der Waals surface area contributed by atoms with Crippen molar-refractivity contribution in [3.8, 4) is 0 Å². The predicted octanol–water partition coefficient (Wildman–Crippen LogP) is 4.04. The molecule has 1 aliphatic rings. The smallest absolute Gasteiger partial charge is 0.337 e. The molecule has 0 bridgehead atoms. The molecule has 38 heavy (non-hydrogen) atoms. The third-order valence-corrected chi connectivity index (χ3v) is 6.41. The largest absolute Gasteiger partial charge is 0.459 e. The van der Waals surface area contributed by atoms with Crippen LogP contribution in [0.2, 0.25) is 0 Å². The average Bonchev–Trinajstić information content (AvgIpc) is 2.97. The molecule has 0 aliphatic heterocycles. The van der Waals surface area contributed by atoms with Crippen molar-refractivity contribution in [2.24, 2.45) is 0 Å². The number of carbonyl (C=O) groups is 4. The molecule has 0 spiro atoms. The molecule has 0 aromatic heterocycles. The molecular weight excluding hydrogens is 482 g/mol. The van der Waals surface area contributed by atoms with E-state index < -0.39 is 24.0 Å². The molecule has 4 aromatic carbocycles. The standard InChI is InChI=1S/C31H23NO6/c33-27-22-13-7-8-14-23(22)28(34)25-17-19(15-16-24(25)27)18-38-31(37)29(35)26(20-9-3-1-4-10-20)32-30(36)21-11-5-2-6-12-21/h1-17,26,29,35H,18H2,(H,32,36)/t26-,29+/m0/s1. The molecule has 7 nitrogen and oxygen atoms in total. The van der Waals surface area contributed by atoms with Gasteiger partial charge in [0.2, 0.25) is 0 Å². The summed E-state index contributed by atoms with van der Waals surface area (Å²) in [5, 5.41) is 13.6. The Labute approximate surface area is 218 Å². The second-order valence-electron chi connectivity index (χ2n) is 8.86. The van der Waals surface area contributed by atoms with Crippen LogP contribution >= 0.6 is 0 Å². The number of aliphatic hydroxyl groups excluding tert-OH is 1. The van der Waals surface area contributed by atoms with Crippen LogP contribution in [-0.4, -0.2) is 34.7 Å². The Kier molecular flexibility index (Phi) is 6.93. The van der Waals surface area contributed by atoms with Crippen molar-refractivity contribution in [1.29, 1.82) is 0 Å². The summed E-state index contributed by atoms with van der Waals surface area (Å²) >= 11 is 0. The quantitative estimate of drug-likeness (QED) is 0.323. The number of rotatable bonds is 7. The van der Waals surface area contributed by atoms with E-state index >= 15 is 0 Å². The lowest BCUT2D eigenvalue weighted by atomic mass is 9.83. The zero-order valence-corrected chi connectivity index (χ0v) is 20.2. The number of carbonyl (C=O) groups excluding carboxylic acids is 4. The van der Waals surface area contributed by atoms with Crippen molar-refractivity contribution >= 4 is 23.4 Å². The lowest BCUT2D eigenvalue weighted by Crippen LogP contribution is -2.41. The predicted molar refractivity (Wildman–Crippen MR) is 139 cm³/mol. The highest BCUT2D eigenvalue weighted by Crippen LogP contribution is 2.28. The second kappa shape index (κ2) is 10.6. The molecule has 0 radical (unpaired) electrons. The van der Waals surface area contributed by atoms with Crippen molar-refractivity contribution in [3.63, 3.8) is 0 Å².